The molecule has 0 aromatic rings. The smallest absolute Gasteiger partial charge is 0.334 e. The summed E-state index contributed by atoms with van der Waals surface area (Å²) in [5.74, 6) is 0.218. The molecule has 7 nitrogen and oxygen atoms in total. The first kappa shape index (κ1) is 25.7. The fourth-order valence-electron chi connectivity index (χ4n) is 9.55. The predicted molar refractivity (Wildman–Crippen MR) is 131 cm³/mol. The molecule has 7 heteroatoms. The van der Waals surface area contributed by atoms with Crippen LogP contribution in [-0.2, 0) is 33.3 Å². The number of hydrogen-bond donors (Lipinski definition) is 0. The highest BCUT2D eigenvalue weighted by molar-refractivity contribution is 5.86. The van der Waals surface area contributed by atoms with Crippen LogP contribution in [0.2, 0.25) is 0 Å². The first-order valence-electron chi connectivity index (χ1n) is 13.8. The summed E-state index contributed by atoms with van der Waals surface area (Å²) in [4.78, 5) is 35.9. The van der Waals surface area contributed by atoms with Crippen molar-refractivity contribution >= 4 is 17.9 Å². The largest absolute Gasteiger partial charge is 0.436 e. The van der Waals surface area contributed by atoms with E-state index >= 15 is 0 Å². The normalized spacial score (nSPS) is 45.3. The Morgan fingerprint density at radius 2 is 1.64 bits per heavy atom. The van der Waals surface area contributed by atoms with Gasteiger partial charge in [0.05, 0.1) is 6.10 Å². The quantitative estimate of drug-likeness (QED) is 0.483. The molecule has 4 fully saturated rings. The molecule has 1 saturated heterocycles. The highest BCUT2D eigenvalue weighted by atomic mass is 16.7. The van der Waals surface area contributed by atoms with E-state index in [4.69, 9.17) is 18.9 Å². The number of hydrogen-bond acceptors (Lipinski definition) is 7. The van der Waals surface area contributed by atoms with Crippen molar-refractivity contribution in [2.45, 2.75) is 112 Å². The maximum absolute atomic E-state index is 12.2. The first-order valence-corrected chi connectivity index (χ1v) is 13.8. The van der Waals surface area contributed by atoms with Crippen LogP contribution < -0.4 is 0 Å². The average Bonchev–Trinajstić information content (AvgIpc) is 3.11. The number of carbonyl (C=O) groups is 3. The molecule has 3 saturated carbocycles. The minimum Gasteiger partial charge on any atom is -0.436 e. The van der Waals surface area contributed by atoms with Crippen molar-refractivity contribution in [2.75, 3.05) is 0 Å². The molecule has 3 aliphatic carbocycles. The Hall–Kier alpha value is -1.89. The fourth-order valence-corrected chi connectivity index (χ4v) is 9.55. The standard InChI is InChI=1S/C29H42O7/c1-16(30)33-25-18-8-9-23-28(5,13-10-22-27(3,4)11-7-12-29(22,23)6)20(18)15-21(35-25)19-14-24(32)36-26(19)34-17(2)31/h14,18,20-23,25-26H,7-13,15H2,1-6H3/t18-,20+,21+,22?,23?,25+,26+,28-,29-/m0/s1. The topological polar surface area (TPSA) is 88.1 Å². The van der Waals surface area contributed by atoms with Crippen LogP contribution in [0.15, 0.2) is 11.6 Å². The van der Waals surface area contributed by atoms with E-state index in [0.29, 0.717) is 29.2 Å². The zero-order valence-electron chi connectivity index (χ0n) is 22.6. The fraction of sp³-hybridized carbons (Fsp3) is 0.828. The summed E-state index contributed by atoms with van der Waals surface area (Å²) >= 11 is 0. The second-order valence-corrected chi connectivity index (χ2v) is 13.2. The van der Waals surface area contributed by atoms with Gasteiger partial charge in [0.15, 0.2) is 0 Å². The van der Waals surface area contributed by atoms with Crippen LogP contribution in [0.4, 0.5) is 0 Å². The third-order valence-electron chi connectivity index (χ3n) is 10.8. The molecule has 2 heterocycles. The van der Waals surface area contributed by atoms with Crippen LogP contribution >= 0.6 is 0 Å². The lowest BCUT2D eigenvalue weighted by Gasteiger charge is -2.67. The molecule has 0 aromatic heterocycles. The van der Waals surface area contributed by atoms with Crippen LogP contribution in [0, 0.1) is 39.9 Å². The van der Waals surface area contributed by atoms with Crippen LogP contribution in [-0.4, -0.2) is 36.6 Å². The summed E-state index contributed by atoms with van der Waals surface area (Å²) in [5, 5.41) is 0. The monoisotopic (exact) mass is 502 g/mol. The van der Waals surface area contributed by atoms with E-state index in [2.05, 4.69) is 27.7 Å². The van der Waals surface area contributed by atoms with Gasteiger partial charge in [0.25, 0.3) is 6.29 Å². The Kier molecular flexibility index (Phi) is 6.33. The maximum atomic E-state index is 12.2. The van der Waals surface area contributed by atoms with E-state index in [0.717, 1.165) is 19.3 Å². The van der Waals surface area contributed by atoms with Crippen molar-refractivity contribution in [1.82, 2.24) is 0 Å². The summed E-state index contributed by atoms with van der Waals surface area (Å²) in [7, 11) is 0. The van der Waals surface area contributed by atoms with Gasteiger partial charge in [-0.2, -0.15) is 0 Å². The summed E-state index contributed by atoms with van der Waals surface area (Å²) in [6.07, 6.45) is 8.06. The van der Waals surface area contributed by atoms with Gasteiger partial charge in [0.2, 0.25) is 6.29 Å². The molecule has 2 unspecified atom stereocenters. The lowest BCUT2D eigenvalue weighted by atomic mass is 9.38. The molecule has 5 rings (SSSR count). The molecule has 0 amide bonds. The van der Waals surface area contributed by atoms with Crippen molar-refractivity contribution in [3.63, 3.8) is 0 Å². The van der Waals surface area contributed by atoms with Gasteiger partial charge in [-0.1, -0.05) is 34.1 Å². The number of carbonyl (C=O) groups excluding carboxylic acids is 3. The summed E-state index contributed by atoms with van der Waals surface area (Å²) in [6.45, 7) is 12.6. The SMILES string of the molecule is CC(=O)O[C@@H]1OC(=O)C=C1[C@H]1C[C@@H]2[C@H](CCC3[C@@]4(C)CCCC(C)(C)C4CC[C@]32C)[C@H](OC(C)=O)O1. The average molecular weight is 503 g/mol. The first-order chi connectivity index (χ1) is 16.8. The van der Waals surface area contributed by atoms with E-state index < -0.39 is 30.6 Å². The molecule has 200 valence electrons. The van der Waals surface area contributed by atoms with Gasteiger partial charge in [-0.3, -0.25) is 9.59 Å². The van der Waals surface area contributed by atoms with Crippen LogP contribution in [0.3, 0.4) is 0 Å². The zero-order chi connectivity index (χ0) is 26.0. The maximum Gasteiger partial charge on any atom is 0.334 e. The number of fused-ring (bicyclic) bond motifs is 5. The number of cyclic esters (lactones) is 1. The molecule has 5 aliphatic rings. The molecule has 0 spiro atoms. The van der Waals surface area contributed by atoms with Crippen molar-refractivity contribution in [2.24, 2.45) is 39.9 Å². The summed E-state index contributed by atoms with van der Waals surface area (Å²) in [6, 6.07) is 0. The Bertz CT molecular complexity index is 969. The third kappa shape index (κ3) is 4.10. The number of ether oxygens (including phenoxy) is 4. The van der Waals surface area contributed by atoms with Crippen LogP contribution in [0.25, 0.3) is 0 Å². The second-order valence-electron chi connectivity index (χ2n) is 13.2. The molecular formula is C29H42O7. The molecule has 0 radical (unpaired) electrons. The van der Waals surface area contributed by atoms with Gasteiger partial charge >= 0.3 is 17.9 Å². The van der Waals surface area contributed by atoms with Gasteiger partial charge in [-0.05, 0) is 78.9 Å². The predicted octanol–water partition coefficient (Wildman–Crippen LogP) is 5.31. The van der Waals surface area contributed by atoms with Crippen molar-refractivity contribution < 1.29 is 33.3 Å². The van der Waals surface area contributed by atoms with E-state index in [1.165, 1.54) is 45.6 Å². The minimum atomic E-state index is -1.09. The van der Waals surface area contributed by atoms with Gasteiger partial charge < -0.3 is 18.9 Å². The van der Waals surface area contributed by atoms with Crippen LogP contribution in [0.1, 0.15) is 92.9 Å². The third-order valence-corrected chi connectivity index (χ3v) is 10.8. The lowest BCUT2D eigenvalue weighted by Crippen LogP contribution is -2.62. The van der Waals surface area contributed by atoms with E-state index in [-0.39, 0.29) is 28.6 Å². The Morgan fingerprint density at radius 3 is 2.33 bits per heavy atom. The van der Waals surface area contributed by atoms with E-state index in [9.17, 15) is 14.4 Å². The zero-order valence-corrected chi connectivity index (χ0v) is 22.6. The molecule has 0 aromatic carbocycles. The lowest BCUT2D eigenvalue weighted by molar-refractivity contribution is -0.270. The summed E-state index contributed by atoms with van der Waals surface area (Å²) in [5.41, 5.74) is 1.22. The number of esters is 3. The molecule has 0 N–H and O–H groups in total. The van der Waals surface area contributed by atoms with Gasteiger partial charge in [0.1, 0.15) is 0 Å². The number of rotatable bonds is 3. The summed E-state index contributed by atoms with van der Waals surface area (Å²) < 4.78 is 22.7. The molecular weight excluding hydrogens is 460 g/mol. The molecule has 9 atom stereocenters. The molecule has 2 aliphatic heterocycles. The highest BCUT2D eigenvalue weighted by Crippen LogP contribution is 2.70. The Labute approximate surface area is 214 Å². The second kappa shape index (κ2) is 8.85. The van der Waals surface area contributed by atoms with Crippen molar-refractivity contribution in [3.05, 3.63) is 11.6 Å². The van der Waals surface area contributed by atoms with Gasteiger partial charge in [-0.25, -0.2) is 4.79 Å². The Balaban J connectivity index is 1.49. The highest BCUT2D eigenvalue weighted by Gasteiger charge is 2.64. The minimum absolute atomic E-state index is 0.0724. The van der Waals surface area contributed by atoms with E-state index in [1.807, 2.05) is 0 Å². The van der Waals surface area contributed by atoms with Crippen molar-refractivity contribution in [1.29, 1.82) is 0 Å². The van der Waals surface area contributed by atoms with E-state index in [1.54, 1.807) is 0 Å². The molecule has 36 heavy (non-hydrogen) atoms. The Morgan fingerprint density at radius 1 is 0.917 bits per heavy atom. The van der Waals surface area contributed by atoms with Gasteiger partial charge in [0, 0.05) is 31.4 Å². The van der Waals surface area contributed by atoms with Crippen LogP contribution in [0.5, 0.6) is 0 Å². The van der Waals surface area contributed by atoms with Crippen molar-refractivity contribution in [3.8, 4) is 0 Å². The van der Waals surface area contributed by atoms with Gasteiger partial charge in [-0.15, -0.1) is 0 Å². The molecule has 0 bridgehead atoms.